The Morgan fingerprint density at radius 3 is 2.71 bits per heavy atom. The minimum atomic E-state index is -1.21. The first-order valence-corrected chi connectivity index (χ1v) is 7.19. The van der Waals surface area contributed by atoms with Crippen LogP contribution in [0, 0.1) is 0 Å². The molecule has 0 bridgehead atoms. The van der Waals surface area contributed by atoms with E-state index < -0.39 is 5.97 Å². The Morgan fingerprint density at radius 2 is 2.10 bits per heavy atom. The number of hydrogen-bond donors (Lipinski definition) is 2. The third-order valence-electron chi connectivity index (χ3n) is 2.93. The van der Waals surface area contributed by atoms with Gasteiger partial charge in [0.2, 0.25) is 5.82 Å². The van der Waals surface area contributed by atoms with Crippen LogP contribution in [0.25, 0.3) is 10.2 Å². The van der Waals surface area contributed by atoms with Gasteiger partial charge in [-0.1, -0.05) is 26.2 Å². The number of carboxylic acid groups (broad SMARTS) is 1. The normalized spacial score (nSPS) is 9.95. The average Bonchev–Trinajstić information content (AvgIpc) is 2.78. The Bertz CT molecular complexity index is 664. The van der Waals surface area contributed by atoms with Crippen molar-refractivity contribution in [3.8, 4) is 0 Å². The maximum Gasteiger partial charge on any atom is 1.00 e. The fourth-order valence-electron chi connectivity index (χ4n) is 1.93. The van der Waals surface area contributed by atoms with Crippen LogP contribution in [0.5, 0.6) is 0 Å². The predicted octanol–water partition coefficient (Wildman–Crippen LogP) is -2.96. The summed E-state index contributed by atoms with van der Waals surface area (Å²) in [5.74, 6) is -1.51. The van der Waals surface area contributed by atoms with Crippen molar-refractivity contribution < 1.29 is 71.9 Å². The van der Waals surface area contributed by atoms with E-state index in [-0.39, 0.29) is 73.4 Å². The molecule has 8 heteroatoms. The molecular formula is C13H18N2Na2O3S. The molecule has 0 aliphatic heterocycles. The van der Waals surface area contributed by atoms with Crippen molar-refractivity contribution in [1.29, 1.82) is 0 Å². The minimum absolute atomic E-state index is 0. The maximum atomic E-state index is 11.7. The molecule has 0 radical (unpaired) electrons. The van der Waals surface area contributed by atoms with Gasteiger partial charge in [-0.05, 0) is 18.9 Å². The predicted molar refractivity (Wildman–Crippen MR) is 77.3 cm³/mol. The van der Waals surface area contributed by atoms with Gasteiger partial charge in [0.15, 0.2) is 0 Å². The van der Waals surface area contributed by atoms with Crippen molar-refractivity contribution >= 4 is 27.5 Å². The summed E-state index contributed by atoms with van der Waals surface area (Å²) < 4.78 is 0. The van der Waals surface area contributed by atoms with Crippen LogP contribution >= 0.6 is 11.3 Å². The number of carbonyl (C=O) groups is 1. The average molecular weight is 328 g/mol. The van der Waals surface area contributed by atoms with E-state index in [1.54, 1.807) is 0 Å². The van der Waals surface area contributed by atoms with E-state index in [1.807, 2.05) is 6.07 Å². The van der Waals surface area contributed by atoms with Gasteiger partial charge in [-0.15, -0.1) is 11.3 Å². The summed E-state index contributed by atoms with van der Waals surface area (Å²) in [6, 6.07) is 1.82. The molecular weight excluding hydrogens is 310 g/mol. The Hall–Kier alpha value is 0.310. The van der Waals surface area contributed by atoms with E-state index in [4.69, 9.17) is 5.11 Å². The van der Waals surface area contributed by atoms with E-state index in [1.165, 1.54) is 30.6 Å². The van der Waals surface area contributed by atoms with Crippen LogP contribution in [0.3, 0.4) is 0 Å². The van der Waals surface area contributed by atoms with E-state index >= 15 is 0 Å². The first-order valence-electron chi connectivity index (χ1n) is 6.38. The standard InChI is InChI=1S/C13H16N2O3S.2Na.2H/c1-2-3-4-5-6-8-7-9-11(16)14-10(13(17)18)15-12(9)19-8;;;;/h7H,2-6H2,1H3,(H,17,18)(H,14,15,16);;;;/q;2*+1;2*-1. The summed E-state index contributed by atoms with van der Waals surface area (Å²) in [7, 11) is 0. The zero-order valence-corrected chi connectivity index (χ0v) is 17.5. The molecule has 0 saturated heterocycles. The van der Waals surface area contributed by atoms with Gasteiger partial charge in [-0.2, -0.15) is 0 Å². The largest absolute Gasteiger partial charge is 1.00 e. The first kappa shape index (κ1) is 21.3. The molecule has 2 N–H and O–H groups in total. The topological polar surface area (TPSA) is 83.0 Å². The van der Waals surface area contributed by atoms with Crippen LogP contribution in [0.1, 0.15) is 51.0 Å². The van der Waals surface area contributed by atoms with Gasteiger partial charge in [0.25, 0.3) is 5.56 Å². The number of fused-ring (bicyclic) bond motifs is 1. The Balaban J connectivity index is -0.000001000. The zero-order valence-electron chi connectivity index (χ0n) is 14.7. The zero-order chi connectivity index (χ0) is 13.8. The van der Waals surface area contributed by atoms with Crippen molar-refractivity contribution in [2.75, 3.05) is 0 Å². The molecule has 5 nitrogen and oxygen atoms in total. The second kappa shape index (κ2) is 10.2. The number of rotatable bonds is 6. The molecule has 0 amide bonds. The molecule has 0 saturated carbocycles. The van der Waals surface area contributed by atoms with Gasteiger partial charge in [-0.3, -0.25) is 4.79 Å². The second-order valence-corrected chi connectivity index (χ2v) is 5.58. The Labute approximate surface area is 174 Å². The molecule has 2 aromatic heterocycles. The van der Waals surface area contributed by atoms with Gasteiger partial charge >= 0.3 is 65.1 Å². The first-order chi connectivity index (χ1) is 9.11. The summed E-state index contributed by atoms with van der Waals surface area (Å²) in [5, 5.41) is 9.33. The molecule has 0 aliphatic carbocycles. The van der Waals surface area contributed by atoms with Crippen LogP contribution in [0.2, 0.25) is 0 Å². The van der Waals surface area contributed by atoms with Crippen LogP contribution in [0.15, 0.2) is 10.9 Å². The van der Waals surface area contributed by atoms with Gasteiger partial charge in [0.05, 0.1) is 5.39 Å². The molecule has 0 fully saturated rings. The molecule has 0 spiro atoms. The Morgan fingerprint density at radius 1 is 1.38 bits per heavy atom. The molecule has 2 heterocycles. The minimum Gasteiger partial charge on any atom is -1.00 e. The number of aromatic carboxylic acids is 1. The number of unbranched alkanes of at least 4 members (excludes halogenated alkanes) is 3. The number of aromatic nitrogens is 2. The van der Waals surface area contributed by atoms with Crippen molar-refractivity contribution in [3.63, 3.8) is 0 Å². The van der Waals surface area contributed by atoms with Crippen LogP contribution in [-0.4, -0.2) is 21.0 Å². The van der Waals surface area contributed by atoms with E-state index in [9.17, 15) is 9.59 Å². The van der Waals surface area contributed by atoms with E-state index in [2.05, 4.69) is 16.9 Å². The Kier molecular flexibility index (Phi) is 10.3. The number of nitrogens with zero attached hydrogens (tertiary/aromatic N) is 1. The molecule has 106 valence electrons. The third kappa shape index (κ3) is 5.78. The fraction of sp³-hybridized carbons (Fsp3) is 0.462. The molecule has 21 heavy (non-hydrogen) atoms. The number of aryl methyl sites for hydroxylation is 1. The van der Waals surface area contributed by atoms with Gasteiger partial charge in [-0.25, -0.2) is 9.78 Å². The number of nitrogens with one attached hydrogen (secondary N) is 1. The molecule has 2 rings (SSSR count). The number of H-pyrrole nitrogens is 1. The fourth-order valence-corrected chi connectivity index (χ4v) is 3.00. The van der Waals surface area contributed by atoms with Crippen LogP contribution < -0.4 is 64.7 Å². The summed E-state index contributed by atoms with van der Waals surface area (Å²) in [4.78, 5) is 30.4. The monoisotopic (exact) mass is 328 g/mol. The van der Waals surface area contributed by atoms with Crippen LogP contribution in [-0.2, 0) is 6.42 Å². The second-order valence-electron chi connectivity index (χ2n) is 4.46. The van der Waals surface area contributed by atoms with Gasteiger partial charge in [0.1, 0.15) is 4.83 Å². The molecule has 0 aromatic carbocycles. The molecule has 2 aromatic rings. The summed E-state index contributed by atoms with van der Waals surface area (Å²) in [5.41, 5.74) is -0.376. The third-order valence-corrected chi connectivity index (χ3v) is 4.02. The number of aromatic amines is 1. The van der Waals surface area contributed by atoms with Crippen molar-refractivity contribution in [1.82, 2.24) is 9.97 Å². The number of carboxylic acids is 1. The quantitative estimate of drug-likeness (QED) is 0.438. The molecule has 0 aliphatic rings. The van der Waals surface area contributed by atoms with Crippen molar-refractivity contribution in [2.24, 2.45) is 0 Å². The summed E-state index contributed by atoms with van der Waals surface area (Å²) in [6.07, 6.45) is 5.59. The molecule has 0 atom stereocenters. The van der Waals surface area contributed by atoms with E-state index in [0.29, 0.717) is 10.2 Å². The smallest absolute Gasteiger partial charge is 1.00 e. The number of hydrogen-bond acceptors (Lipinski definition) is 4. The summed E-state index contributed by atoms with van der Waals surface area (Å²) >= 11 is 1.41. The van der Waals surface area contributed by atoms with Crippen LogP contribution in [0.4, 0.5) is 0 Å². The SMILES string of the molecule is CCCCCCc1cc2c(=O)[nH]c(C(=O)O)nc2s1.[H-].[H-].[Na+].[Na+]. The summed E-state index contributed by atoms with van der Waals surface area (Å²) in [6.45, 7) is 2.16. The van der Waals surface area contributed by atoms with Gasteiger partial charge < -0.3 is 12.9 Å². The molecule has 0 unspecified atom stereocenters. The van der Waals surface area contributed by atoms with Crippen molar-refractivity contribution in [3.05, 3.63) is 27.1 Å². The van der Waals surface area contributed by atoms with Crippen molar-refractivity contribution in [2.45, 2.75) is 39.0 Å². The maximum absolute atomic E-state index is 11.7. The van der Waals surface area contributed by atoms with Gasteiger partial charge in [0, 0.05) is 4.88 Å². The number of thiophene rings is 1. The van der Waals surface area contributed by atoms with E-state index in [0.717, 1.165) is 17.7 Å².